The summed E-state index contributed by atoms with van der Waals surface area (Å²) in [6.07, 6.45) is 3.68. The van der Waals surface area contributed by atoms with Gasteiger partial charge < -0.3 is 5.11 Å². The predicted octanol–water partition coefficient (Wildman–Crippen LogP) is 3.77. The highest BCUT2D eigenvalue weighted by atomic mass is 35.5. The van der Waals surface area contributed by atoms with Gasteiger partial charge in [-0.15, -0.1) is 0 Å². The molecule has 0 amide bonds. The number of carboxylic acid groups (broad SMARTS) is 1. The van der Waals surface area contributed by atoms with Crippen molar-refractivity contribution in [3.63, 3.8) is 0 Å². The molecule has 4 heteroatoms. The van der Waals surface area contributed by atoms with Crippen molar-refractivity contribution in [1.29, 1.82) is 0 Å². The van der Waals surface area contributed by atoms with E-state index < -0.39 is 17.2 Å². The fourth-order valence-electron chi connectivity index (χ4n) is 2.63. The van der Waals surface area contributed by atoms with Crippen LogP contribution in [0.5, 0.6) is 0 Å². The summed E-state index contributed by atoms with van der Waals surface area (Å²) < 4.78 is 13.9. The molecular weight excluding hydrogens is 243 g/mol. The van der Waals surface area contributed by atoms with Crippen LogP contribution in [0.2, 0.25) is 5.02 Å². The van der Waals surface area contributed by atoms with Gasteiger partial charge in [0.2, 0.25) is 0 Å². The van der Waals surface area contributed by atoms with Crippen LogP contribution in [0.3, 0.4) is 0 Å². The Bertz CT molecular complexity index is 439. The van der Waals surface area contributed by atoms with Crippen LogP contribution in [0.15, 0.2) is 18.2 Å². The van der Waals surface area contributed by atoms with Gasteiger partial charge in [-0.05, 0) is 25.0 Å². The van der Waals surface area contributed by atoms with Crippen molar-refractivity contribution in [2.24, 2.45) is 0 Å². The standard InChI is InChI=1S/C13H14ClFO2/c14-9-4-5-10(11(15)8-9)13(12(16)17)6-2-1-3-7-13/h4-5,8H,1-3,6-7H2,(H,16,17). The average Bonchev–Trinajstić information content (AvgIpc) is 2.29. The van der Waals surface area contributed by atoms with Crippen LogP contribution in [-0.2, 0) is 10.2 Å². The Morgan fingerprint density at radius 1 is 1.29 bits per heavy atom. The molecule has 1 aromatic carbocycles. The third kappa shape index (κ3) is 2.16. The minimum absolute atomic E-state index is 0.272. The molecule has 0 radical (unpaired) electrons. The average molecular weight is 257 g/mol. The molecule has 0 heterocycles. The fraction of sp³-hybridized carbons (Fsp3) is 0.462. The van der Waals surface area contributed by atoms with Crippen molar-refractivity contribution >= 4 is 17.6 Å². The van der Waals surface area contributed by atoms with E-state index in [0.29, 0.717) is 17.9 Å². The molecule has 0 saturated heterocycles. The van der Waals surface area contributed by atoms with Gasteiger partial charge in [0.1, 0.15) is 5.82 Å². The van der Waals surface area contributed by atoms with Crippen molar-refractivity contribution in [2.45, 2.75) is 37.5 Å². The minimum atomic E-state index is -1.06. The van der Waals surface area contributed by atoms with E-state index in [4.69, 9.17) is 11.6 Å². The van der Waals surface area contributed by atoms with E-state index in [1.807, 2.05) is 0 Å². The summed E-state index contributed by atoms with van der Waals surface area (Å²) >= 11 is 5.69. The lowest BCUT2D eigenvalue weighted by Crippen LogP contribution is -2.38. The Morgan fingerprint density at radius 2 is 1.94 bits per heavy atom. The van der Waals surface area contributed by atoms with Gasteiger partial charge in [-0.1, -0.05) is 36.9 Å². The van der Waals surface area contributed by atoms with E-state index in [9.17, 15) is 14.3 Å². The first-order chi connectivity index (χ1) is 8.06. The largest absolute Gasteiger partial charge is 0.481 e. The third-order valence-corrected chi connectivity index (χ3v) is 3.80. The van der Waals surface area contributed by atoms with Crippen LogP contribution >= 0.6 is 11.6 Å². The maximum Gasteiger partial charge on any atom is 0.314 e. The quantitative estimate of drug-likeness (QED) is 0.875. The highest BCUT2D eigenvalue weighted by Crippen LogP contribution is 2.41. The van der Waals surface area contributed by atoms with E-state index >= 15 is 0 Å². The Hall–Kier alpha value is -1.09. The van der Waals surface area contributed by atoms with Gasteiger partial charge in [0.05, 0.1) is 5.41 Å². The Morgan fingerprint density at radius 3 is 2.47 bits per heavy atom. The van der Waals surface area contributed by atoms with Gasteiger partial charge in [-0.2, -0.15) is 0 Å². The van der Waals surface area contributed by atoms with Gasteiger partial charge in [0, 0.05) is 10.6 Å². The van der Waals surface area contributed by atoms with E-state index in [1.165, 1.54) is 12.1 Å². The molecule has 0 unspecified atom stereocenters. The Labute approximate surface area is 104 Å². The molecule has 17 heavy (non-hydrogen) atoms. The number of aliphatic carboxylic acids is 1. The molecule has 0 aromatic heterocycles. The van der Waals surface area contributed by atoms with Crippen molar-refractivity contribution in [3.05, 3.63) is 34.6 Å². The lowest BCUT2D eigenvalue weighted by atomic mass is 9.69. The number of halogens is 2. The van der Waals surface area contributed by atoms with Crippen LogP contribution in [0.1, 0.15) is 37.7 Å². The number of hydrogen-bond acceptors (Lipinski definition) is 1. The molecule has 2 rings (SSSR count). The second kappa shape index (κ2) is 4.65. The molecule has 1 aliphatic carbocycles. The summed E-state index contributed by atoms with van der Waals surface area (Å²) in [5.41, 5.74) is -0.790. The van der Waals surface area contributed by atoms with Crippen molar-refractivity contribution in [1.82, 2.24) is 0 Å². The second-order valence-electron chi connectivity index (χ2n) is 4.57. The highest BCUT2D eigenvalue weighted by molar-refractivity contribution is 6.30. The van der Waals surface area contributed by atoms with Crippen LogP contribution in [0.4, 0.5) is 4.39 Å². The summed E-state index contributed by atoms with van der Waals surface area (Å²) in [5.74, 6) is -1.44. The summed E-state index contributed by atoms with van der Waals surface area (Å²) in [6.45, 7) is 0. The molecule has 0 spiro atoms. The predicted molar refractivity (Wildman–Crippen MR) is 63.8 cm³/mol. The lowest BCUT2D eigenvalue weighted by molar-refractivity contribution is -0.145. The number of hydrogen-bond donors (Lipinski definition) is 1. The molecule has 1 N–H and O–H groups in total. The molecular formula is C13H14ClFO2. The minimum Gasteiger partial charge on any atom is -0.481 e. The molecule has 92 valence electrons. The van der Waals surface area contributed by atoms with Gasteiger partial charge >= 0.3 is 5.97 Å². The SMILES string of the molecule is O=C(O)C1(c2ccc(Cl)cc2F)CCCCC1. The fourth-order valence-corrected chi connectivity index (χ4v) is 2.79. The zero-order valence-electron chi connectivity index (χ0n) is 9.38. The maximum absolute atomic E-state index is 13.9. The molecule has 1 fully saturated rings. The van der Waals surface area contributed by atoms with Gasteiger partial charge in [0.25, 0.3) is 0 Å². The molecule has 0 atom stereocenters. The number of carboxylic acids is 1. The first kappa shape index (κ1) is 12.4. The normalized spacial score (nSPS) is 18.9. The number of carbonyl (C=O) groups is 1. The third-order valence-electron chi connectivity index (χ3n) is 3.56. The number of rotatable bonds is 2. The van der Waals surface area contributed by atoms with E-state index in [1.54, 1.807) is 6.07 Å². The summed E-state index contributed by atoms with van der Waals surface area (Å²) in [6, 6.07) is 4.26. The Balaban J connectivity index is 2.49. The highest BCUT2D eigenvalue weighted by Gasteiger charge is 2.43. The molecule has 2 nitrogen and oxygen atoms in total. The van der Waals surface area contributed by atoms with E-state index in [2.05, 4.69) is 0 Å². The molecule has 1 saturated carbocycles. The van der Waals surface area contributed by atoms with Crippen molar-refractivity contribution < 1.29 is 14.3 Å². The van der Waals surface area contributed by atoms with E-state index in [0.717, 1.165) is 19.3 Å². The second-order valence-corrected chi connectivity index (χ2v) is 5.01. The molecule has 1 aliphatic rings. The number of benzene rings is 1. The maximum atomic E-state index is 13.9. The zero-order valence-corrected chi connectivity index (χ0v) is 10.1. The smallest absolute Gasteiger partial charge is 0.314 e. The van der Waals surface area contributed by atoms with E-state index in [-0.39, 0.29) is 5.56 Å². The molecule has 0 aliphatic heterocycles. The molecule has 1 aromatic rings. The topological polar surface area (TPSA) is 37.3 Å². The lowest BCUT2D eigenvalue weighted by Gasteiger charge is -2.33. The summed E-state index contributed by atoms with van der Waals surface area (Å²) in [4.78, 5) is 11.5. The first-order valence-corrected chi connectivity index (χ1v) is 6.13. The molecule has 0 bridgehead atoms. The zero-order chi connectivity index (χ0) is 12.5. The van der Waals surface area contributed by atoms with Gasteiger partial charge in [-0.3, -0.25) is 4.79 Å². The Kier molecular flexibility index (Phi) is 3.38. The first-order valence-electron chi connectivity index (χ1n) is 5.75. The van der Waals surface area contributed by atoms with Crippen LogP contribution in [0, 0.1) is 5.82 Å². The van der Waals surface area contributed by atoms with Crippen molar-refractivity contribution in [2.75, 3.05) is 0 Å². The van der Waals surface area contributed by atoms with Crippen LogP contribution < -0.4 is 0 Å². The van der Waals surface area contributed by atoms with Gasteiger partial charge in [0.15, 0.2) is 0 Å². The van der Waals surface area contributed by atoms with Crippen molar-refractivity contribution in [3.8, 4) is 0 Å². The van der Waals surface area contributed by atoms with Crippen LogP contribution in [-0.4, -0.2) is 11.1 Å². The monoisotopic (exact) mass is 256 g/mol. The summed E-state index contributed by atoms with van der Waals surface area (Å²) in [7, 11) is 0. The summed E-state index contributed by atoms with van der Waals surface area (Å²) in [5, 5.41) is 9.73. The van der Waals surface area contributed by atoms with Crippen LogP contribution in [0.25, 0.3) is 0 Å². The van der Waals surface area contributed by atoms with Gasteiger partial charge in [-0.25, -0.2) is 4.39 Å².